The van der Waals surface area contributed by atoms with Crippen LogP contribution in [-0.4, -0.2) is 23.7 Å². The third kappa shape index (κ3) is 2.70. The van der Waals surface area contributed by atoms with E-state index in [-0.39, 0.29) is 5.56 Å². The number of benzene rings is 1. The summed E-state index contributed by atoms with van der Waals surface area (Å²) < 4.78 is 10.9. The summed E-state index contributed by atoms with van der Waals surface area (Å²) in [6, 6.07) is 5.51. The van der Waals surface area contributed by atoms with E-state index in [1.165, 1.54) is 11.3 Å². The third-order valence-electron chi connectivity index (χ3n) is 3.78. The molecule has 0 amide bonds. The van der Waals surface area contributed by atoms with E-state index >= 15 is 0 Å². The number of nitrogens with one attached hydrogen (secondary N) is 1. The summed E-state index contributed by atoms with van der Waals surface area (Å²) in [6.45, 7) is 6.40. The Morgan fingerprint density at radius 1 is 1.26 bits per heavy atom. The molecule has 0 saturated carbocycles. The van der Waals surface area contributed by atoms with Crippen LogP contribution < -0.4 is 15.0 Å². The SMILES string of the molecule is CCOc1cc(-c2nc3sc(C)c(C)c3c(=O)[nH]2)ccc1OC. The van der Waals surface area contributed by atoms with Crippen molar-refractivity contribution in [2.45, 2.75) is 20.8 Å². The highest BCUT2D eigenvalue weighted by atomic mass is 32.1. The fraction of sp³-hybridized carbons (Fsp3) is 0.294. The van der Waals surface area contributed by atoms with Crippen molar-refractivity contribution in [3.05, 3.63) is 39.0 Å². The molecule has 120 valence electrons. The molecule has 3 aromatic rings. The Kier molecular flexibility index (Phi) is 4.09. The lowest BCUT2D eigenvalue weighted by molar-refractivity contribution is 0.311. The number of H-pyrrole nitrogens is 1. The molecule has 0 fully saturated rings. The molecule has 6 heteroatoms. The van der Waals surface area contributed by atoms with Crippen molar-refractivity contribution in [2.75, 3.05) is 13.7 Å². The van der Waals surface area contributed by atoms with Crippen LogP contribution in [0.5, 0.6) is 11.5 Å². The second kappa shape index (κ2) is 6.04. The molecule has 1 N–H and O–H groups in total. The predicted molar refractivity (Wildman–Crippen MR) is 92.9 cm³/mol. The number of hydrogen-bond acceptors (Lipinski definition) is 5. The summed E-state index contributed by atoms with van der Waals surface area (Å²) in [5.74, 6) is 1.82. The van der Waals surface area contributed by atoms with Crippen LogP contribution in [0.4, 0.5) is 0 Å². The van der Waals surface area contributed by atoms with E-state index < -0.39 is 0 Å². The molecule has 0 saturated heterocycles. The van der Waals surface area contributed by atoms with Gasteiger partial charge in [0.2, 0.25) is 0 Å². The van der Waals surface area contributed by atoms with Crippen LogP contribution in [0.3, 0.4) is 0 Å². The van der Waals surface area contributed by atoms with E-state index in [0.29, 0.717) is 29.3 Å². The largest absolute Gasteiger partial charge is 0.493 e. The van der Waals surface area contributed by atoms with Crippen molar-refractivity contribution >= 4 is 21.6 Å². The van der Waals surface area contributed by atoms with Gasteiger partial charge in [-0.3, -0.25) is 4.79 Å². The lowest BCUT2D eigenvalue weighted by Crippen LogP contribution is -2.09. The number of fused-ring (bicyclic) bond motifs is 1. The topological polar surface area (TPSA) is 64.2 Å². The van der Waals surface area contributed by atoms with Crippen LogP contribution in [-0.2, 0) is 0 Å². The normalized spacial score (nSPS) is 11.0. The van der Waals surface area contributed by atoms with E-state index in [1.54, 1.807) is 7.11 Å². The molecule has 0 unspecified atom stereocenters. The maximum atomic E-state index is 12.4. The van der Waals surface area contributed by atoms with Gasteiger partial charge >= 0.3 is 0 Å². The van der Waals surface area contributed by atoms with Crippen molar-refractivity contribution in [3.63, 3.8) is 0 Å². The second-order valence-electron chi connectivity index (χ2n) is 5.18. The number of nitrogens with zero attached hydrogens (tertiary/aromatic N) is 1. The second-order valence-corrected chi connectivity index (χ2v) is 6.38. The van der Waals surface area contributed by atoms with Crippen LogP contribution in [0, 0.1) is 13.8 Å². The first-order chi connectivity index (χ1) is 11.0. The van der Waals surface area contributed by atoms with Gasteiger partial charge in [0.05, 0.1) is 19.1 Å². The number of rotatable bonds is 4. The fourth-order valence-corrected chi connectivity index (χ4v) is 3.51. The van der Waals surface area contributed by atoms with Gasteiger partial charge in [-0.1, -0.05) is 0 Å². The number of aryl methyl sites for hydroxylation is 2. The van der Waals surface area contributed by atoms with Crippen LogP contribution in [0.25, 0.3) is 21.6 Å². The first-order valence-electron chi connectivity index (χ1n) is 7.36. The molecule has 3 rings (SSSR count). The van der Waals surface area contributed by atoms with Crippen LogP contribution >= 0.6 is 11.3 Å². The Balaban J connectivity index is 2.17. The van der Waals surface area contributed by atoms with Crippen molar-refractivity contribution in [1.29, 1.82) is 0 Å². The highest BCUT2D eigenvalue weighted by molar-refractivity contribution is 7.18. The molecule has 0 bridgehead atoms. The Morgan fingerprint density at radius 2 is 2.04 bits per heavy atom. The molecule has 2 heterocycles. The maximum Gasteiger partial charge on any atom is 0.260 e. The van der Waals surface area contributed by atoms with E-state index in [4.69, 9.17) is 9.47 Å². The zero-order valence-electron chi connectivity index (χ0n) is 13.5. The summed E-state index contributed by atoms with van der Waals surface area (Å²) in [5.41, 5.74) is 1.67. The molecule has 5 nitrogen and oxygen atoms in total. The van der Waals surface area contributed by atoms with Crippen LogP contribution in [0.15, 0.2) is 23.0 Å². The van der Waals surface area contributed by atoms with Gasteiger partial charge in [-0.15, -0.1) is 11.3 Å². The Bertz CT molecular complexity index is 927. The minimum atomic E-state index is -0.111. The van der Waals surface area contributed by atoms with Gasteiger partial charge in [0.15, 0.2) is 11.5 Å². The zero-order valence-corrected chi connectivity index (χ0v) is 14.3. The van der Waals surface area contributed by atoms with Crippen LogP contribution in [0.2, 0.25) is 0 Å². The fourth-order valence-electron chi connectivity index (χ4n) is 2.48. The van der Waals surface area contributed by atoms with Gasteiger partial charge in [-0.25, -0.2) is 4.98 Å². The molecule has 23 heavy (non-hydrogen) atoms. The van der Waals surface area contributed by atoms with Gasteiger partial charge in [0, 0.05) is 10.4 Å². The van der Waals surface area contributed by atoms with Crippen molar-refractivity contribution in [2.24, 2.45) is 0 Å². The van der Waals surface area contributed by atoms with E-state index in [2.05, 4.69) is 9.97 Å². The first kappa shape index (κ1) is 15.6. The van der Waals surface area contributed by atoms with Crippen molar-refractivity contribution in [3.8, 4) is 22.9 Å². The van der Waals surface area contributed by atoms with Gasteiger partial charge in [-0.2, -0.15) is 0 Å². The lowest BCUT2D eigenvalue weighted by atomic mass is 10.1. The number of thiophene rings is 1. The van der Waals surface area contributed by atoms with Crippen LogP contribution in [0.1, 0.15) is 17.4 Å². The van der Waals surface area contributed by atoms with Crippen molar-refractivity contribution in [1.82, 2.24) is 9.97 Å². The molecule has 1 aromatic carbocycles. The number of hydrogen-bond donors (Lipinski definition) is 1. The number of aromatic nitrogens is 2. The minimum Gasteiger partial charge on any atom is -0.493 e. The Morgan fingerprint density at radius 3 is 2.74 bits per heavy atom. The maximum absolute atomic E-state index is 12.4. The molecular weight excluding hydrogens is 312 g/mol. The smallest absolute Gasteiger partial charge is 0.260 e. The van der Waals surface area contributed by atoms with Gasteiger partial charge < -0.3 is 14.5 Å². The number of ether oxygens (including phenoxy) is 2. The molecule has 0 atom stereocenters. The highest BCUT2D eigenvalue weighted by Gasteiger charge is 2.14. The molecule has 0 aliphatic heterocycles. The molecule has 0 spiro atoms. The van der Waals surface area contributed by atoms with E-state index in [0.717, 1.165) is 20.8 Å². The summed E-state index contributed by atoms with van der Waals surface area (Å²) >= 11 is 1.54. The summed E-state index contributed by atoms with van der Waals surface area (Å²) in [7, 11) is 1.60. The van der Waals surface area contributed by atoms with Crippen molar-refractivity contribution < 1.29 is 9.47 Å². The Hall–Kier alpha value is -2.34. The minimum absolute atomic E-state index is 0.111. The third-order valence-corrected chi connectivity index (χ3v) is 4.88. The average Bonchev–Trinajstić information content (AvgIpc) is 2.82. The summed E-state index contributed by atoms with van der Waals surface area (Å²) in [4.78, 5) is 21.7. The molecule has 2 aromatic heterocycles. The first-order valence-corrected chi connectivity index (χ1v) is 8.18. The molecule has 0 aliphatic rings. The molecular formula is C17H18N2O3S. The summed E-state index contributed by atoms with van der Waals surface area (Å²) in [5, 5.41) is 0.676. The average molecular weight is 330 g/mol. The van der Waals surface area contributed by atoms with E-state index in [1.807, 2.05) is 39.0 Å². The zero-order chi connectivity index (χ0) is 16.6. The van der Waals surface area contributed by atoms with E-state index in [9.17, 15) is 4.79 Å². The number of aromatic amines is 1. The Labute approximate surface area is 137 Å². The molecule has 0 aliphatic carbocycles. The van der Waals surface area contributed by atoms with Gasteiger partial charge in [0.1, 0.15) is 10.7 Å². The van der Waals surface area contributed by atoms with Gasteiger partial charge in [-0.05, 0) is 44.5 Å². The highest BCUT2D eigenvalue weighted by Crippen LogP contribution is 2.32. The molecule has 0 radical (unpaired) electrons. The predicted octanol–water partition coefficient (Wildman–Crippen LogP) is 3.68. The summed E-state index contributed by atoms with van der Waals surface area (Å²) in [6.07, 6.45) is 0. The number of methoxy groups -OCH3 is 1. The standard InChI is InChI=1S/C17H18N2O3S/c1-5-22-13-8-11(6-7-12(13)21-4)15-18-16(20)14-9(2)10(3)23-17(14)19-15/h6-8H,5H2,1-4H3,(H,18,19,20). The lowest BCUT2D eigenvalue weighted by Gasteiger charge is -2.10. The van der Waals surface area contributed by atoms with Gasteiger partial charge in [0.25, 0.3) is 5.56 Å². The quantitative estimate of drug-likeness (QED) is 0.792. The monoisotopic (exact) mass is 330 g/mol.